The molecule has 1 aromatic rings. The minimum atomic E-state index is -0.276. The summed E-state index contributed by atoms with van der Waals surface area (Å²) in [5.74, 6) is 0.669. The van der Waals surface area contributed by atoms with E-state index in [0.29, 0.717) is 40.3 Å². The van der Waals surface area contributed by atoms with Crippen LogP contribution >= 0.6 is 24.0 Å². The average Bonchev–Trinajstić information content (AvgIpc) is 2.81. The summed E-state index contributed by atoms with van der Waals surface area (Å²) in [7, 11) is 0. The summed E-state index contributed by atoms with van der Waals surface area (Å²) in [6, 6.07) is 5.39. The molecule has 21 heavy (non-hydrogen) atoms. The maximum atomic E-state index is 11.4. The van der Waals surface area contributed by atoms with Crippen molar-refractivity contribution in [1.82, 2.24) is 10.3 Å². The van der Waals surface area contributed by atoms with Crippen molar-refractivity contribution in [2.75, 3.05) is 6.61 Å². The first kappa shape index (κ1) is 15.3. The summed E-state index contributed by atoms with van der Waals surface area (Å²) in [5, 5.41) is 10.9. The van der Waals surface area contributed by atoms with Gasteiger partial charge in [-0.05, 0) is 12.5 Å². The Morgan fingerprint density at radius 3 is 3.00 bits per heavy atom. The van der Waals surface area contributed by atoms with Gasteiger partial charge in [-0.15, -0.1) is 0 Å². The van der Waals surface area contributed by atoms with Crippen molar-refractivity contribution in [1.29, 1.82) is 5.26 Å². The van der Waals surface area contributed by atoms with Crippen LogP contribution in [0.25, 0.3) is 0 Å². The van der Waals surface area contributed by atoms with Crippen LogP contribution in [0.5, 0.6) is 11.6 Å². The highest BCUT2D eigenvalue weighted by atomic mass is 32.2. The lowest BCUT2D eigenvalue weighted by Crippen LogP contribution is -2.17. The predicted octanol–water partition coefficient (Wildman–Crippen LogP) is 2.13. The Bertz CT molecular complexity index is 608. The van der Waals surface area contributed by atoms with E-state index in [0.717, 1.165) is 11.8 Å². The van der Waals surface area contributed by atoms with Crippen molar-refractivity contribution < 1.29 is 14.3 Å². The van der Waals surface area contributed by atoms with Gasteiger partial charge in [0.15, 0.2) is 0 Å². The van der Waals surface area contributed by atoms with Gasteiger partial charge in [0.05, 0.1) is 18.9 Å². The molecule has 1 fully saturated rings. The summed E-state index contributed by atoms with van der Waals surface area (Å²) in [6.07, 6.45) is 3.97. The third kappa shape index (κ3) is 4.73. The van der Waals surface area contributed by atoms with Crippen molar-refractivity contribution in [3.05, 3.63) is 29.5 Å². The Morgan fingerprint density at radius 2 is 2.38 bits per heavy atom. The molecule has 1 aliphatic heterocycles. The fourth-order valence-corrected chi connectivity index (χ4v) is 2.33. The smallest absolute Gasteiger partial charge is 0.266 e. The molecule has 0 bridgehead atoms. The molecule has 0 unspecified atom stereocenters. The molecule has 2 heterocycles. The number of rotatable bonds is 6. The van der Waals surface area contributed by atoms with E-state index >= 15 is 0 Å². The van der Waals surface area contributed by atoms with Gasteiger partial charge in [0, 0.05) is 12.5 Å². The molecule has 1 amide bonds. The van der Waals surface area contributed by atoms with Crippen LogP contribution in [0.2, 0.25) is 0 Å². The number of ether oxygens (including phenoxy) is 2. The number of aromatic nitrogens is 1. The van der Waals surface area contributed by atoms with Crippen LogP contribution < -0.4 is 14.8 Å². The van der Waals surface area contributed by atoms with Crippen LogP contribution in [0, 0.1) is 11.3 Å². The van der Waals surface area contributed by atoms with Crippen molar-refractivity contribution in [3.63, 3.8) is 0 Å². The van der Waals surface area contributed by atoms with E-state index in [1.54, 1.807) is 12.1 Å². The second-order valence-corrected chi connectivity index (χ2v) is 5.60. The van der Waals surface area contributed by atoms with Crippen LogP contribution in [0.4, 0.5) is 0 Å². The number of nitrogens with one attached hydrogen (secondary N) is 1. The van der Waals surface area contributed by atoms with Crippen LogP contribution in [-0.4, -0.2) is 21.8 Å². The second kappa shape index (κ2) is 7.61. The highest BCUT2D eigenvalue weighted by Crippen LogP contribution is 2.24. The number of thiocarbonyl (C=S) groups is 1. The SMILES string of the molecule is N#CCCCOc1ccc(OC=C2SC(=S)NC2=O)nc1. The minimum absolute atomic E-state index is 0.276. The summed E-state index contributed by atoms with van der Waals surface area (Å²) >= 11 is 6.00. The molecule has 6 nitrogen and oxygen atoms in total. The van der Waals surface area contributed by atoms with E-state index < -0.39 is 0 Å². The molecule has 8 heteroatoms. The summed E-state index contributed by atoms with van der Waals surface area (Å²) < 4.78 is 11.1. The Balaban J connectivity index is 1.85. The normalized spacial score (nSPS) is 15.7. The molecule has 1 aliphatic rings. The molecule has 1 N–H and O–H groups in total. The first-order chi connectivity index (χ1) is 10.2. The molecular formula is C13H11N3O3S2. The highest BCUT2D eigenvalue weighted by molar-refractivity contribution is 8.26. The molecule has 0 atom stereocenters. The molecule has 0 aromatic carbocycles. The van der Waals surface area contributed by atoms with E-state index in [-0.39, 0.29) is 5.91 Å². The van der Waals surface area contributed by atoms with Gasteiger partial charge in [-0.1, -0.05) is 24.0 Å². The van der Waals surface area contributed by atoms with Gasteiger partial charge < -0.3 is 14.8 Å². The molecule has 0 aliphatic carbocycles. The zero-order valence-electron chi connectivity index (χ0n) is 10.9. The number of nitrogens with zero attached hydrogens (tertiary/aromatic N) is 2. The van der Waals surface area contributed by atoms with Gasteiger partial charge in [0.2, 0.25) is 5.88 Å². The van der Waals surface area contributed by atoms with E-state index in [1.165, 1.54) is 12.5 Å². The first-order valence-corrected chi connectivity index (χ1v) is 7.27. The van der Waals surface area contributed by atoms with E-state index in [9.17, 15) is 4.79 Å². The maximum absolute atomic E-state index is 11.4. The van der Waals surface area contributed by atoms with Crippen molar-refractivity contribution in [2.24, 2.45) is 0 Å². The molecular weight excluding hydrogens is 310 g/mol. The van der Waals surface area contributed by atoms with Gasteiger partial charge in [-0.3, -0.25) is 4.79 Å². The second-order valence-electron chi connectivity index (χ2n) is 3.89. The molecule has 1 saturated heterocycles. The Morgan fingerprint density at radius 1 is 1.52 bits per heavy atom. The van der Waals surface area contributed by atoms with Gasteiger partial charge in [0.1, 0.15) is 21.2 Å². The zero-order valence-corrected chi connectivity index (χ0v) is 12.5. The Labute approximate surface area is 131 Å². The minimum Gasteiger partial charge on any atom is -0.492 e. The number of hydrogen-bond donors (Lipinski definition) is 1. The van der Waals surface area contributed by atoms with Gasteiger partial charge in [0.25, 0.3) is 5.91 Å². The molecule has 0 saturated carbocycles. The first-order valence-electron chi connectivity index (χ1n) is 6.05. The van der Waals surface area contributed by atoms with Crippen molar-refractivity contribution >= 4 is 34.2 Å². The number of amides is 1. The lowest BCUT2D eigenvalue weighted by molar-refractivity contribution is -0.115. The summed E-state index contributed by atoms with van der Waals surface area (Å²) in [6.45, 7) is 0.466. The standard InChI is InChI=1S/C13H11N3O3S2/c14-5-1-2-6-18-9-3-4-11(15-7-9)19-8-10-12(17)16-13(20)21-10/h3-4,7-8H,1-2,6H2,(H,16,17,20). The zero-order chi connectivity index (χ0) is 15.1. The molecule has 2 rings (SSSR count). The van der Waals surface area contributed by atoms with Crippen LogP contribution in [0.3, 0.4) is 0 Å². The fourth-order valence-electron chi connectivity index (χ4n) is 1.38. The number of nitriles is 1. The third-order valence-electron chi connectivity index (χ3n) is 2.34. The molecule has 108 valence electrons. The lowest BCUT2D eigenvalue weighted by Gasteiger charge is -2.05. The van der Waals surface area contributed by atoms with Gasteiger partial charge in [-0.25, -0.2) is 4.98 Å². The van der Waals surface area contributed by atoms with Gasteiger partial charge >= 0.3 is 0 Å². The van der Waals surface area contributed by atoms with Crippen molar-refractivity contribution in [2.45, 2.75) is 12.8 Å². The van der Waals surface area contributed by atoms with E-state index in [1.807, 2.05) is 6.07 Å². The Kier molecular flexibility index (Phi) is 5.54. The van der Waals surface area contributed by atoms with Crippen molar-refractivity contribution in [3.8, 4) is 17.7 Å². The largest absolute Gasteiger partial charge is 0.492 e. The summed E-state index contributed by atoms with van der Waals surface area (Å²) in [5.41, 5.74) is 0. The molecule has 1 aromatic heterocycles. The number of carbonyl (C=O) groups is 1. The average molecular weight is 321 g/mol. The lowest BCUT2D eigenvalue weighted by atomic mass is 10.3. The predicted molar refractivity (Wildman–Crippen MR) is 81.6 cm³/mol. The van der Waals surface area contributed by atoms with E-state index in [2.05, 4.69) is 10.3 Å². The molecule has 0 radical (unpaired) electrons. The number of hydrogen-bond acceptors (Lipinski definition) is 7. The monoisotopic (exact) mass is 321 g/mol. The van der Waals surface area contributed by atoms with Gasteiger partial charge in [-0.2, -0.15) is 5.26 Å². The quantitative estimate of drug-likeness (QED) is 0.372. The summed E-state index contributed by atoms with van der Waals surface area (Å²) in [4.78, 5) is 15.8. The van der Waals surface area contributed by atoms with Crippen LogP contribution in [0.15, 0.2) is 29.5 Å². The third-order valence-corrected chi connectivity index (χ3v) is 3.48. The van der Waals surface area contributed by atoms with E-state index in [4.69, 9.17) is 27.0 Å². The van der Waals surface area contributed by atoms with Crippen LogP contribution in [0.1, 0.15) is 12.8 Å². The topological polar surface area (TPSA) is 84.2 Å². The number of pyridine rings is 1. The molecule has 0 spiro atoms. The fraction of sp³-hybridized carbons (Fsp3) is 0.231. The van der Waals surface area contributed by atoms with Crippen LogP contribution in [-0.2, 0) is 4.79 Å². The number of unbranched alkanes of at least 4 members (excludes halogenated alkanes) is 1. The Hall–Kier alpha value is -2.11. The number of carbonyl (C=O) groups excluding carboxylic acids is 1. The highest BCUT2D eigenvalue weighted by Gasteiger charge is 2.22. The number of thioether (sulfide) groups is 1. The maximum Gasteiger partial charge on any atom is 0.266 e.